The van der Waals surface area contributed by atoms with Gasteiger partial charge in [0.15, 0.2) is 5.82 Å². The number of carbonyl (C=O) groups excluding carboxylic acids is 1. The van der Waals surface area contributed by atoms with E-state index >= 15 is 0 Å². The van der Waals surface area contributed by atoms with E-state index in [0.29, 0.717) is 11.0 Å². The van der Waals surface area contributed by atoms with Crippen LogP contribution in [0.15, 0.2) is 84.0 Å². The minimum absolute atomic E-state index is 0.154. The van der Waals surface area contributed by atoms with Crippen LogP contribution in [0.3, 0.4) is 0 Å². The maximum Gasteiger partial charge on any atom is 0.240 e. The summed E-state index contributed by atoms with van der Waals surface area (Å²) in [6.07, 6.45) is 0.808. The highest BCUT2D eigenvalue weighted by Crippen LogP contribution is 2.39. The van der Waals surface area contributed by atoms with Crippen LogP contribution in [-0.4, -0.2) is 26.0 Å². The molecule has 0 saturated carbocycles. The minimum Gasteiger partial charge on any atom is -0.325 e. The molecule has 1 aliphatic rings. The molecule has 2 atom stereocenters. The standard InChI is InChI=1S/C25H22FN5OS/c1-2-16-8-6-7-11-20(16)27-24(32)22-21(17-12-14-19(26)15-13-17)30-31-23(28-29-25(31)33-22)18-9-4-3-5-10-18/h3-15,21-22,30H,2H2,1H3,(H,27,32)/t21-,22+/m1/s1. The second-order valence-corrected chi connectivity index (χ2v) is 8.81. The van der Waals surface area contributed by atoms with E-state index in [9.17, 15) is 9.18 Å². The Morgan fingerprint density at radius 1 is 1.03 bits per heavy atom. The predicted molar refractivity (Wildman–Crippen MR) is 128 cm³/mol. The first-order valence-corrected chi connectivity index (χ1v) is 11.6. The smallest absolute Gasteiger partial charge is 0.240 e. The van der Waals surface area contributed by atoms with Crippen LogP contribution in [-0.2, 0) is 11.2 Å². The van der Waals surface area contributed by atoms with Crippen LogP contribution < -0.4 is 10.7 Å². The van der Waals surface area contributed by atoms with Gasteiger partial charge in [-0.25, -0.2) is 9.07 Å². The molecule has 0 aliphatic carbocycles. The van der Waals surface area contributed by atoms with Gasteiger partial charge in [0, 0.05) is 11.3 Å². The van der Waals surface area contributed by atoms with Crippen molar-refractivity contribution in [3.05, 3.63) is 95.8 Å². The molecule has 6 nitrogen and oxygen atoms in total. The van der Waals surface area contributed by atoms with Crippen molar-refractivity contribution < 1.29 is 9.18 Å². The van der Waals surface area contributed by atoms with Gasteiger partial charge in [0.1, 0.15) is 11.1 Å². The number of nitrogens with one attached hydrogen (secondary N) is 2. The summed E-state index contributed by atoms with van der Waals surface area (Å²) in [5, 5.41) is 11.8. The number of carbonyl (C=O) groups is 1. The number of amides is 1. The van der Waals surface area contributed by atoms with E-state index in [-0.39, 0.29) is 11.7 Å². The summed E-state index contributed by atoms with van der Waals surface area (Å²) in [6, 6.07) is 23.3. The number of nitrogens with zero attached hydrogens (tertiary/aromatic N) is 3. The van der Waals surface area contributed by atoms with Crippen molar-refractivity contribution >= 4 is 23.4 Å². The maximum atomic E-state index is 13.6. The highest BCUT2D eigenvalue weighted by atomic mass is 32.2. The number of fused-ring (bicyclic) bond motifs is 1. The molecule has 0 radical (unpaired) electrons. The molecule has 0 spiro atoms. The quantitative estimate of drug-likeness (QED) is 0.437. The average molecular weight is 460 g/mol. The van der Waals surface area contributed by atoms with Crippen LogP contribution in [0.25, 0.3) is 11.4 Å². The topological polar surface area (TPSA) is 71.8 Å². The van der Waals surface area contributed by atoms with Crippen LogP contribution in [0.4, 0.5) is 10.1 Å². The summed E-state index contributed by atoms with van der Waals surface area (Å²) in [5.74, 6) is 0.175. The second kappa shape index (κ2) is 9.07. The molecule has 1 aliphatic heterocycles. The number of benzene rings is 3. The lowest BCUT2D eigenvalue weighted by atomic mass is 10.0. The lowest BCUT2D eigenvalue weighted by Gasteiger charge is -2.33. The van der Waals surface area contributed by atoms with Crippen LogP contribution in [0.2, 0.25) is 0 Å². The Balaban J connectivity index is 1.52. The number of halogens is 1. The number of anilines is 1. The first-order chi connectivity index (χ1) is 16.1. The van der Waals surface area contributed by atoms with Gasteiger partial charge in [-0.15, -0.1) is 10.2 Å². The fourth-order valence-corrected chi connectivity index (χ4v) is 4.98. The minimum atomic E-state index is -0.541. The molecule has 5 rings (SSSR count). The van der Waals surface area contributed by atoms with E-state index in [4.69, 9.17) is 0 Å². The summed E-state index contributed by atoms with van der Waals surface area (Å²) >= 11 is 1.34. The molecule has 0 unspecified atom stereocenters. The largest absolute Gasteiger partial charge is 0.325 e. The number of para-hydroxylation sites is 1. The SMILES string of the molecule is CCc1ccccc1NC(=O)[C@H]1Sc2nnc(-c3ccccc3)n2N[C@@H]1c1ccc(F)cc1. The molecular weight excluding hydrogens is 437 g/mol. The Labute approximate surface area is 195 Å². The van der Waals surface area contributed by atoms with Gasteiger partial charge in [0.25, 0.3) is 0 Å². The molecule has 1 amide bonds. The summed E-state index contributed by atoms with van der Waals surface area (Å²) in [7, 11) is 0. The first kappa shape index (κ1) is 21.2. The van der Waals surface area contributed by atoms with Gasteiger partial charge in [-0.3, -0.25) is 4.79 Å². The van der Waals surface area contributed by atoms with Gasteiger partial charge in [0.2, 0.25) is 11.1 Å². The average Bonchev–Trinajstić information content (AvgIpc) is 3.27. The Bertz CT molecular complexity index is 1280. The van der Waals surface area contributed by atoms with E-state index in [2.05, 4.69) is 27.9 Å². The number of hydrogen-bond donors (Lipinski definition) is 2. The Morgan fingerprint density at radius 3 is 2.52 bits per heavy atom. The van der Waals surface area contributed by atoms with E-state index in [1.165, 1.54) is 23.9 Å². The van der Waals surface area contributed by atoms with E-state index in [1.807, 2.05) is 54.6 Å². The maximum absolute atomic E-state index is 13.6. The first-order valence-electron chi connectivity index (χ1n) is 10.7. The molecule has 3 aromatic carbocycles. The molecule has 1 aromatic heterocycles. The van der Waals surface area contributed by atoms with Crippen LogP contribution >= 0.6 is 11.8 Å². The summed E-state index contributed by atoms with van der Waals surface area (Å²) < 4.78 is 15.4. The highest BCUT2D eigenvalue weighted by Gasteiger charge is 2.38. The van der Waals surface area contributed by atoms with Gasteiger partial charge in [-0.2, -0.15) is 0 Å². The van der Waals surface area contributed by atoms with Crippen LogP contribution in [0.5, 0.6) is 0 Å². The highest BCUT2D eigenvalue weighted by molar-refractivity contribution is 8.00. The Hall–Kier alpha value is -3.65. The van der Waals surface area contributed by atoms with Gasteiger partial charge >= 0.3 is 0 Å². The van der Waals surface area contributed by atoms with Gasteiger partial charge < -0.3 is 10.7 Å². The molecule has 4 aromatic rings. The van der Waals surface area contributed by atoms with Crippen LogP contribution in [0, 0.1) is 5.82 Å². The number of aromatic nitrogens is 3. The summed E-state index contributed by atoms with van der Waals surface area (Å²) in [5.41, 5.74) is 6.97. The van der Waals surface area contributed by atoms with Crippen molar-refractivity contribution in [1.82, 2.24) is 14.9 Å². The fourth-order valence-electron chi connectivity index (χ4n) is 3.90. The van der Waals surface area contributed by atoms with Crippen molar-refractivity contribution in [2.45, 2.75) is 29.8 Å². The monoisotopic (exact) mass is 459 g/mol. The molecule has 8 heteroatoms. The predicted octanol–water partition coefficient (Wildman–Crippen LogP) is 5.04. The summed E-state index contributed by atoms with van der Waals surface area (Å²) in [4.78, 5) is 13.5. The normalized spacial score (nSPS) is 17.2. The molecule has 0 saturated heterocycles. The van der Waals surface area contributed by atoms with E-state index in [0.717, 1.165) is 28.8 Å². The number of thioether (sulfide) groups is 1. The van der Waals surface area contributed by atoms with Crippen molar-refractivity contribution in [3.8, 4) is 11.4 Å². The number of aryl methyl sites for hydroxylation is 1. The molecule has 2 N–H and O–H groups in total. The Kier molecular flexibility index (Phi) is 5.83. The van der Waals surface area contributed by atoms with Crippen molar-refractivity contribution in [2.75, 3.05) is 10.7 Å². The molecule has 2 heterocycles. The third kappa shape index (κ3) is 4.21. The zero-order valence-electron chi connectivity index (χ0n) is 17.9. The van der Waals surface area contributed by atoms with Gasteiger partial charge in [0.05, 0.1) is 6.04 Å². The second-order valence-electron chi connectivity index (χ2n) is 7.70. The molecule has 166 valence electrons. The molecule has 0 bridgehead atoms. The third-order valence-corrected chi connectivity index (χ3v) is 6.83. The van der Waals surface area contributed by atoms with Gasteiger partial charge in [-0.1, -0.05) is 79.3 Å². The Morgan fingerprint density at radius 2 is 1.76 bits per heavy atom. The van der Waals surface area contributed by atoms with Crippen molar-refractivity contribution in [3.63, 3.8) is 0 Å². The fraction of sp³-hybridized carbons (Fsp3) is 0.160. The lowest BCUT2D eigenvalue weighted by molar-refractivity contribution is -0.116. The molecular formula is C25H22FN5OS. The van der Waals surface area contributed by atoms with Gasteiger partial charge in [-0.05, 0) is 35.7 Å². The van der Waals surface area contributed by atoms with E-state index in [1.54, 1.807) is 16.8 Å². The third-order valence-electron chi connectivity index (χ3n) is 5.61. The van der Waals surface area contributed by atoms with Crippen molar-refractivity contribution in [2.24, 2.45) is 0 Å². The molecule has 33 heavy (non-hydrogen) atoms. The summed E-state index contributed by atoms with van der Waals surface area (Å²) in [6.45, 7) is 2.05. The van der Waals surface area contributed by atoms with E-state index < -0.39 is 11.3 Å². The lowest BCUT2D eigenvalue weighted by Crippen LogP contribution is -2.41. The van der Waals surface area contributed by atoms with Crippen LogP contribution in [0.1, 0.15) is 24.1 Å². The number of rotatable bonds is 5. The molecule has 0 fully saturated rings. The number of hydrogen-bond acceptors (Lipinski definition) is 5. The zero-order chi connectivity index (χ0) is 22.8. The zero-order valence-corrected chi connectivity index (χ0v) is 18.7. The van der Waals surface area contributed by atoms with Crippen molar-refractivity contribution in [1.29, 1.82) is 0 Å².